The summed E-state index contributed by atoms with van der Waals surface area (Å²) in [6.45, 7) is 0. The maximum atomic E-state index is 5.10. The van der Waals surface area contributed by atoms with Crippen LogP contribution in [0.3, 0.4) is 0 Å². The first-order valence-electron chi connectivity index (χ1n) is 17.5. The van der Waals surface area contributed by atoms with Crippen LogP contribution in [-0.2, 0) is 5.41 Å². The zero-order valence-electron chi connectivity index (χ0n) is 27.9. The summed E-state index contributed by atoms with van der Waals surface area (Å²) in [6.07, 6.45) is 0. The summed E-state index contributed by atoms with van der Waals surface area (Å²) in [7, 11) is 0. The summed E-state index contributed by atoms with van der Waals surface area (Å²) >= 11 is 0. The molecule has 1 aromatic heterocycles. The summed E-state index contributed by atoms with van der Waals surface area (Å²) in [5.41, 5.74) is 13.7. The third-order valence-corrected chi connectivity index (χ3v) is 10.6. The van der Waals surface area contributed by atoms with Crippen LogP contribution in [0.5, 0.6) is 0 Å². The minimum atomic E-state index is -0.418. The van der Waals surface area contributed by atoms with E-state index in [9.17, 15) is 0 Å². The van der Waals surface area contributed by atoms with Gasteiger partial charge in [-0.05, 0) is 67.4 Å². The first-order valence-corrected chi connectivity index (χ1v) is 17.5. The van der Waals surface area contributed by atoms with Crippen molar-refractivity contribution in [1.29, 1.82) is 0 Å². The van der Waals surface area contributed by atoms with Crippen molar-refractivity contribution in [2.45, 2.75) is 5.41 Å². The maximum absolute atomic E-state index is 5.10. The van der Waals surface area contributed by atoms with Gasteiger partial charge in [-0.1, -0.05) is 182 Å². The Morgan fingerprint density at radius 1 is 0.373 bits per heavy atom. The third kappa shape index (κ3) is 4.57. The fourth-order valence-corrected chi connectivity index (χ4v) is 8.27. The van der Waals surface area contributed by atoms with Crippen LogP contribution in [-0.4, -0.2) is 9.97 Å². The highest BCUT2D eigenvalue weighted by Gasteiger charge is 2.46. The number of aromatic nitrogens is 2. The van der Waals surface area contributed by atoms with Gasteiger partial charge >= 0.3 is 0 Å². The summed E-state index contributed by atoms with van der Waals surface area (Å²) in [5.74, 6) is 0.727. The van der Waals surface area contributed by atoms with Crippen LogP contribution in [0.15, 0.2) is 194 Å². The molecule has 2 heteroatoms. The Kier molecular flexibility index (Phi) is 6.75. The number of fused-ring (bicyclic) bond motifs is 6. The molecule has 238 valence electrons. The lowest BCUT2D eigenvalue weighted by molar-refractivity contribution is 0.769. The zero-order valence-corrected chi connectivity index (χ0v) is 27.9. The van der Waals surface area contributed by atoms with Gasteiger partial charge in [-0.2, -0.15) is 0 Å². The van der Waals surface area contributed by atoms with E-state index in [0.29, 0.717) is 0 Å². The van der Waals surface area contributed by atoms with Gasteiger partial charge in [-0.3, -0.25) is 0 Å². The molecule has 2 nitrogen and oxygen atoms in total. The van der Waals surface area contributed by atoms with Crippen molar-refractivity contribution in [3.63, 3.8) is 0 Å². The minimum absolute atomic E-state index is 0.418. The predicted octanol–water partition coefficient (Wildman–Crippen LogP) is 12.1. The molecule has 1 aliphatic rings. The van der Waals surface area contributed by atoms with Crippen molar-refractivity contribution in [1.82, 2.24) is 9.97 Å². The Morgan fingerprint density at radius 3 is 1.71 bits per heavy atom. The van der Waals surface area contributed by atoms with Crippen molar-refractivity contribution in [3.8, 4) is 44.9 Å². The quantitative estimate of drug-likeness (QED) is 0.186. The number of hydrogen-bond donors (Lipinski definition) is 0. The minimum Gasteiger partial charge on any atom is -0.228 e. The van der Waals surface area contributed by atoms with Crippen LogP contribution in [0.25, 0.3) is 66.6 Å². The molecule has 0 atom stereocenters. The Balaban J connectivity index is 1.12. The molecule has 0 spiro atoms. The van der Waals surface area contributed by atoms with E-state index >= 15 is 0 Å². The third-order valence-electron chi connectivity index (χ3n) is 10.6. The molecule has 51 heavy (non-hydrogen) atoms. The van der Waals surface area contributed by atoms with Gasteiger partial charge in [0, 0.05) is 16.5 Å². The normalized spacial score (nSPS) is 12.9. The molecule has 0 saturated carbocycles. The molecular formula is C49H32N2. The van der Waals surface area contributed by atoms with E-state index in [4.69, 9.17) is 9.97 Å². The molecule has 0 aliphatic heterocycles. The van der Waals surface area contributed by atoms with Crippen molar-refractivity contribution < 1.29 is 0 Å². The van der Waals surface area contributed by atoms with E-state index in [1.54, 1.807) is 0 Å². The van der Waals surface area contributed by atoms with Crippen LogP contribution in [0.1, 0.15) is 22.3 Å². The largest absolute Gasteiger partial charge is 0.228 e. The second-order valence-electron chi connectivity index (χ2n) is 13.3. The molecule has 1 heterocycles. The molecule has 0 saturated heterocycles. The van der Waals surface area contributed by atoms with E-state index in [1.807, 2.05) is 18.2 Å². The van der Waals surface area contributed by atoms with Crippen molar-refractivity contribution in [3.05, 3.63) is 216 Å². The van der Waals surface area contributed by atoms with E-state index in [-0.39, 0.29) is 0 Å². The van der Waals surface area contributed by atoms with Gasteiger partial charge in [-0.25, -0.2) is 9.97 Å². The maximum Gasteiger partial charge on any atom is 0.160 e. The molecule has 0 radical (unpaired) electrons. The fraction of sp³-hybridized carbons (Fsp3) is 0.0204. The molecule has 0 fully saturated rings. The summed E-state index contributed by atoms with van der Waals surface area (Å²) in [6, 6.07) is 69.9. The van der Waals surface area contributed by atoms with E-state index in [1.165, 1.54) is 49.7 Å². The smallest absolute Gasteiger partial charge is 0.160 e. The SMILES string of the molecule is c1ccc(-c2nc(-c3ccc(-c4ccc5ccc6c(c5c4)-c4ccccc4C6(c4ccccc4)c4ccccc4)cc3)nc3ccccc23)cc1. The zero-order chi connectivity index (χ0) is 33.8. The van der Waals surface area contributed by atoms with Gasteiger partial charge in [0.2, 0.25) is 0 Å². The van der Waals surface area contributed by atoms with Crippen LogP contribution >= 0.6 is 0 Å². The molecule has 0 N–H and O–H groups in total. The lowest BCUT2D eigenvalue weighted by Gasteiger charge is -2.33. The van der Waals surface area contributed by atoms with E-state index in [0.717, 1.165) is 39.1 Å². The average Bonchev–Trinajstić information content (AvgIpc) is 3.53. The van der Waals surface area contributed by atoms with E-state index < -0.39 is 5.41 Å². The topological polar surface area (TPSA) is 25.8 Å². The lowest BCUT2D eigenvalue weighted by atomic mass is 9.67. The molecule has 9 aromatic rings. The van der Waals surface area contributed by atoms with Gasteiger partial charge in [0.25, 0.3) is 0 Å². The van der Waals surface area contributed by atoms with Crippen LogP contribution in [0.4, 0.5) is 0 Å². The highest BCUT2D eigenvalue weighted by Crippen LogP contribution is 2.57. The van der Waals surface area contributed by atoms with Gasteiger partial charge < -0.3 is 0 Å². The molecule has 0 bridgehead atoms. The van der Waals surface area contributed by atoms with Gasteiger partial charge in [0.05, 0.1) is 16.6 Å². The number of benzene rings is 8. The highest BCUT2D eigenvalue weighted by molar-refractivity contribution is 6.05. The molecular weight excluding hydrogens is 617 g/mol. The van der Waals surface area contributed by atoms with Crippen molar-refractivity contribution in [2.75, 3.05) is 0 Å². The van der Waals surface area contributed by atoms with Crippen LogP contribution in [0.2, 0.25) is 0 Å². The number of hydrogen-bond acceptors (Lipinski definition) is 2. The summed E-state index contributed by atoms with van der Waals surface area (Å²) in [4.78, 5) is 10.1. The number of rotatable bonds is 5. The summed E-state index contributed by atoms with van der Waals surface area (Å²) in [5, 5.41) is 3.55. The van der Waals surface area contributed by atoms with Crippen LogP contribution in [0, 0.1) is 0 Å². The summed E-state index contributed by atoms with van der Waals surface area (Å²) < 4.78 is 0. The first kappa shape index (κ1) is 29.3. The monoisotopic (exact) mass is 648 g/mol. The van der Waals surface area contributed by atoms with Crippen LogP contribution < -0.4 is 0 Å². The fourth-order valence-electron chi connectivity index (χ4n) is 8.27. The van der Waals surface area contributed by atoms with Gasteiger partial charge in [0.1, 0.15) is 0 Å². The first-order chi connectivity index (χ1) is 25.3. The second kappa shape index (κ2) is 11.8. The number of para-hydroxylation sites is 1. The molecule has 8 aromatic carbocycles. The highest BCUT2D eigenvalue weighted by atomic mass is 14.9. The second-order valence-corrected chi connectivity index (χ2v) is 13.3. The Hall–Kier alpha value is -6.64. The van der Waals surface area contributed by atoms with Crippen molar-refractivity contribution in [2.24, 2.45) is 0 Å². The van der Waals surface area contributed by atoms with Gasteiger partial charge in [0.15, 0.2) is 5.82 Å². The predicted molar refractivity (Wildman–Crippen MR) is 211 cm³/mol. The molecule has 0 amide bonds. The Morgan fingerprint density at radius 2 is 0.961 bits per heavy atom. The molecule has 10 rings (SSSR count). The standard InChI is InChI=1S/C49H32N2/c1-4-14-35(15-5-1)47-41-21-11-13-23-45(41)50-48(51-47)36-27-24-33(25-28-36)37-29-26-34-30-31-44-46(42(34)32-37)40-20-10-12-22-43(40)49(44,38-16-6-2-7-17-38)39-18-8-3-9-19-39/h1-32H. The molecule has 1 aliphatic carbocycles. The Labute approximate surface area is 297 Å². The van der Waals surface area contributed by atoms with E-state index in [2.05, 4.69) is 176 Å². The van der Waals surface area contributed by atoms with Gasteiger partial charge in [-0.15, -0.1) is 0 Å². The average molecular weight is 649 g/mol. The molecule has 0 unspecified atom stereocenters. The van der Waals surface area contributed by atoms with Crippen molar-refractivity contribution >= 4 is 21.7 Å². The number of nitrogens with zero attached hydrogens (tertiary/aromatic N) is 2. The lowest BCUT2D eigenvalue weighted by Crippen LogP contribution is -2.28. The Bertz CT molecular complexity index is 2680.